The summed E-state index contributed by atoms with van der Waals surface area (Å²) in [6.45, 7) is 4.65. The molecule has 1 heterocycles. The topological polar surface area (TPSA) is 24.1 Å². The fourth-order valence-electron chi connectivity index (χ4n) is 3.79. The van der Waals surface area contributed by atoms with Gasteiger partial charge in [0.2, 0.25) is 0 Å². The highest BCUT2D eigenvalue weighted by Gasteiger charge is 2.18. The molecule has 0 aromatic heterocycles. The molecule has 0 saturated carbocycles. The molecule has 0 radical (unpaired) electrons. The van der Waals surface area contributed by atoms with Gasteiger partial charge in [0.1, 0.15) is 0 Å². The van der Waals surface area contributed by atoms with E-state index in [4.69, 9.17) is 0 Å². The Balaban J connectivity index is 1.62. The molecule has 0 aliphatic carbocycles. The largest absolute Gasteiger partial charge is 0.317 e. The van der Waals surface area contributed by atoms with Gasteiger partial charge in [-0.2, -0.15) is 0 Å². The predicted molar refractivity (Wildman–Crippen MR) is 102 cm³/mol. The third-order valence-corrected chi connectivity index (χ3v) is 5.15. The summed E-state index contributed by atoms with van der Waals surface area (Å²) in [5.41, 5.74) is 2.86. The lowest BCUT2D eigenvalue weighted by atomic mass is 9.86. The average Bonchev–Trinajstić information content (AvgIpc) is 2.64. The van der Waals surface area contributed by atoms with E-state index in [1.54, 1.807) is 0 Å². The second-order valence-corrected chi connectivity index (χ2v) is 7.04. The van der Waals surface area contributed by atoms with Crippen molar-refractivity contribution in [3.8, 4) is 0 Å². The average molecular weight is 322 g/mol. The number of hydrogen-bond donors (Lipinski definition) is 2. The Morgan fingerprint density at radius 2 is 1.42 bits per heavy atom. The smallest absolute Gasteiger partial charge is 0.00937 e. The Kier molecular flexibility index (Phi) is 6.45. The highest BCUT2D eigenvalue weighted by atomic mass is 15.0. The summed E-state index contributed by atoms with van der Waals surface area (Å²) >= 11 is 0. The van der Waals surface area contributed by atoms with Crippen molar-refractivity contribution >= 4 is 0 Å². The van der Waals surface area contributed by atoms with Crippen molar-refractivity contribution < 1.29 is 0 Å². The number of piperidine rings is 1. The molecule has 2 nitrogen and oxygen atoms in total. The number of nitrogens with one attached hydrogen (secondary N) is 2. The Bertz CT molecular complexity index is 536. The molecule has 24 heavy (non-hydrogen) atoms. The molecule has 128 valence electrons. The summed E-state index contributed by atoms with van der Waals surface area (Å²) in [6, 6.07) is 23.2. The minimum atomic E-state index is 0.490. The van der Waals surface area contributed by atoms with E-state index in [1.807, 2.05) is 0 Å². The first-order valence-corrected chi connectivity index (χ1v) is 9.39. The molecule has 1 unspecified atom stereocenters. The normalized spacial score (nSPS) is 17.1. The van der Waals surface area contributed by atoms with E-state index in [9.17, 15) is 0 Å². The Morgan fingerprint density at radius 1 is 0.875 bits per heavy atom. The van der Waals surface area contributed by atoms with Gasteiger partial charge in [-0.25, -0.2) is 0 Å². The van der Waals surface area contributed by atoms with Gasteiger partial charge in [0, 0.05) is 18.0 Å². The predicted octanol–water partition coefficient (Wildman–Crippen LogP) is 4.33. The zero-order valence-electron chi connectivity index (χ0n) is 14.7. The van der Waals surface area contributed by atoms with E-state index in [0.717, 1.165) is 13.1 Å². The molecule has 1 saturated heterocycles. The second kappa shape index (κ2) is 9.00. The van der Waals surface area contributed by atoms with Crippen LogP contribution in [-0.4, -0.2) is 25.2 Å². The summed E-state index contributed by atoms with van der Waals surface area (Å²) in [7, 11) is 0. The SMILES string of the molecule is CC(CCC(c1ccccc1)c1ccccc1)NC1CCNCC1. The first-order valence-electron chi connectivity index (χ1n) is 9.39. The molecule has 0 spiro atoms. The van der Waals surface area contributed by atoms with Crippen LogP contribution in [0.3, 0.4) is 0 Å². The van der Waals surface area contributed by atoms with Crippen molar-refractivity contribution in [2.75, 3.05) is 13.1 Å². The first kappa shape index (κ1) is 17.2. The van der Waals surface area contributed by atoms with Crippen molar-refractivity contribution in [1.29, 1.82) is 0 Å². The molecule has 0 amide bonds. The molecule has 1 fully saturated rings. The highest BCUT2D eigenvalue weighted by molar-refractivity contribution is 5.32. The van der Waals surface area contributed by atoms with Gasteiger partial charge in [-0.15, -0.1) is 0 Å². The molecule has 1 atom stereocenters. The van der Waals surface area contributed by atoms with Crippen LogP contribution < -0.4 is 10.6 Å². The Labute approximate surface area is 146 Å². The third-order valence-electron chi connectivity index (χ3n) is 5.15. The molecule has 2 aromatic rings. The highest BCUT2D eigenvalue weighted by Crippen LogP contribution is 2.29. The maximum atomic E-state index is 3.84. The van der Waals surface area contributed by atoms with Gasteiger partial charge in [-0.1, -0.05) is 60.7 Å². The maximum Gasteiger partial charge on any atom is 0.00937 e. The van der Waals surface area contributed by atoms with Crippen LogP contribution in [0.25, 0.3) is 0 Å². The van der Waals surface area contributed by atoms with E-state index in [2.05, 4.69) is 78.2 Å². The second-order valence-electron chi connectivity index (χ2n) is 7.04. The monoisotopic (exact) mass is 322 g/mol. The third kappa shape index (κ3) is 4.93. The minimum Gasteiger partial charge on any atom is -0.317 e. The summed E-state index contributed by atoms with van der Waals surface area (Å²) < 4.78 is 0. The van der Waals surface area contributed by atoms with Crippen LogP contribution in [0, 0.1) is 0 Å². The van der Waals surface area contributed by atoms with E-state index < -0.39 is 0 Å². The van der Waals surface area contributed by atoms with Gasteiger partial charge in [0.05, 0.1) is 0 Å². The van der Waals surface area contributed by atoms with Crippen molar-refractivity contribution in [2.45, 2.75) is 50.6 Å². The van der Waals surface area contributed by atoms with Crippen molar-refractivity contribution in [2.24, 2.45) is 0 Å². The van der Waals surface area contributed by atoms with Gasteiger partial charge in [-0.05, 0) is 56.8 Å². The van der Waals surface area contributed by atoms with E-state index in [-0.39, 0.29) is 0 Å². The Hall–Kier alpha value is -1.64. The summed E-state index contributed by atoms with van der Waals surface area (Å²) in [5.74, 6) is 0.490. The molecule has 1 aliphatic heterocycles. The molecule has 2 N–H and O–H groups in total. The van der Waals surface area contributed by atoms with Crippen LogP contribution in [0.1, 0.15) is 49.7 Å². The standard InChI is InChI=1S/C22H30N2/c1-18(24-21-14-16-23-17-15-21)12-13-22(19-8-4-2-5-9-19)20-10-6-3-7-11-20/h2-11,18,21-24H,12-17H2,1H3. The number of benzene rings is 2. The minimum absolute atomic E-state index is 0.490. The lowest BCUT2D eigenvalue weighted by molar-refractivity contribution is 0.343. The lowest BCUT2D eigenvalue weighted by Gasteiger charge is -2.28. The van der Waals surface area contributed by atoms with Crippen molar-refractivity contribution in [3.63, 3.8) is 0 Å². The summed E-state index contributed by atoms with van der Waals surface area (Å²) in [5, 5.41) is 7.28. The van der Waals surface area contributed by atoms with Gasteiger partial charge < -0.3 is 10.6 Å². The molecular formula is C22H30N2. The summed E-state index contributed by atoms with van der Waals surface area (Å²) in [6.07, 6.45) is 4.90. The van der Waals surface area contributed by atoms with E-state index in [1.165, 1.54) is 36.8 Å². The van der Waals surface area contributed by atoms with Crippen LogP contribution in [0.4, 0.5) is 0 Å². The summed E-state index contributed by atoms with van der Waals surface area (Å²) in [4.78, 5) is 0. The van der Waals surface area contributed by atoms with Crippen molar-refractivity contribution in [3.05, 3.63) is 71.8 Å². The molecule has 2 aromatic carbocycles. The molecule has 3 rings (SSSR count). The molecule has 1 aliphatic rings. The quantitative estimate of drug-likeness (QED) is 0.793. The van der Waals surface area contributed by atoms with Crippen LogP contribution in [0.5, 0.6) is 0 Å². The van der Waals surface area contributed by atoms with Gasteiger partial charge in [-0.3, -0.25) is 0 Å². The van der Waals surface area contributed by atoms with Crippen LogP contribution in [-0.2, 0) is 0 Å². The van der Waals surface area contributed by atoms with Gasteiger partial charge >= 0.3 is 0 Å². The molecule has 2 heteroatoms. The van der Waals surface area contributed by atoms with Crippen LogP contribution >= 0.6 is 0 Å². The van der Waals surface area contributed by atoms with E-state index in [0.29, 0.717) is 18.0 Å². The Morgan fingerprint density at radius 3 is 1.96 bits per heavy atom. The number of rotatable bonds is 7. The fourth-order valence-corrected chi connectivity index (χ4v) is 3.79. The number of hydrogen-bond acceptors (Lipinski definition) is 2. The zero-order valence-corrected chi connectivity index (χ0v) is 14.7. The van der Waals surface area contributed by atoms with Crippen LogP contribution in [0.2, 0.25) is 0 Å². The maximum absolute atomic E-state index is 3.84. The van der Waals surface area contributed by atoms with Gasteiger partial charge in [0.15, 0.2) is 0 Å². The fraction of sp³-hybridized carbons (Fsp3) is 0.455. The molecule has 0 bridgehead atoms. The zero-order chi connectivity index (χ0) is 16.6. The van der Waals surface area contributed by atoms with E-state index >= 15 is 0 Å². The first-order chi connectivity index (χ1) is 11.8. The molecular weight excluding hydrogens is 292 g/mol. The van der Waals surface area contributed by atoms with Gasteiger partial charge in [0.25, 0.3) is 0 Å². The van der Waals surface area contributed by atoms with Crippen molar-refractivity contribution in [1.82, 2.24) is 10.6 Å². The lowest BCUT2D eigenvalue weighted by Crippen LogP contribution is -2.43. The van der Waals surface area contributed by atoms with Crippen LogP contribution in [0.15, 0.2) is 60.7 Å².